The molecule has 0 spiro atoms. The number of carbonyl (C=O) groups excluding carboxylic acids is 1. The minimum absolute atomic E-state index is 0.00940. The zero-order valence-electron chi connectivity index (χ0n) is 9.56. The number of hydrogen-bond donors (Lipinski definition) is 1. The van der Waals surface area contributed by atoms with E-state index in [-0.39, 0.29) is 18.7 Å². The first-order chi connectivity index (χ1) is 6.92. The van der Waals surface area contributed by atoms with Gasteiger partial charge in [0.2, 0.25) is 0 Å². The molecule has 15 heavy (non-hydrogen) atoms. The number of hydrogen-bond acceptors (Lipinski definition) is 3. The van der Waals surface area contributed by atoms with Gasteiger partial charge in [0.1, 0.15) is 5.60 Å². The molecule has 2 fully saturated rings. The average molecular weight is 213 g/mol. The fourth-order valence-electron chi connectivity index (χ4n) is 2.34. The van der Waals surface area contributed by atoms with Gasteiger partial charge in [-0.25, -0.2) is 4.79 Å². The Morgan fingerprint density at radius 3 is 2.73 bits per heavy atom. The molecule has 0 aromatic rings. The van der Waals surface area contributed by atoms with E-state index in [1.54, 1.807) is 4.90 Å². The normalized spacial score (nSPS) is 33.9. The molecule has 2 rings (SSSR count). The standard InChI is InChI=1S/C11H19NO3/c1-11(2,3)15-10(14)12-5-7-4-8(7)9(12)6-13/h7-9,13H,4-6H2,1-3H3/t7?,8?,9-/m0/s1. The highest BCUT2D eigenvalue weighted by Crippen LogP contribution is 2.49. The Kier molecular flexibility index (Phi) is 2.41. The van der Waals surface area contributed by atoms with Gasteiger partial charge in [-0.1, -0.05) is 0 Å². The monoisotopic (exact) mass is 213 g/mol. The number of fused-ring (bicyclic) bond motifs is 1. The SMILES string of the molecule is CC(C)(C)OC(=O)N1CC2CC2[C@@H]1CO. The van der Waals surface area contributed by atoms with Crippen molar-refractivity contribution in [3.8, 4) is 0 Å². The number of amides is 1. The van der Waals surface area contributed by atoms with Crippen molar-refractivity contribution >= 4 is 6.09 Å². The second kappa shape index (κ2) is 3.37. The molecule has 1 N–H and O–H groups in total. The van der Waals surface area contributed by atoms with E-state index >= 15 is 0 Å². The van der Waals surface area contributed by atoms with Crippen LogP contribution in [-0.2, 0) is 4.74 Å². The zero-order chi connectivity index (χ0) is 11.2. The van der Waals surface area contributed by atoms with Crippen molar-refractivity contribution < 1.29 is 14.6 Å². The van der Waals surface area contributed by atoms with Crippen molar-refractivity contribution in [3.05, 3.63) is 0 Å². The Labute approximate surface area is 90.2 Å². The van der Waals surface area contributed by atoms with E-state index in [2.05, 4.69) is 0 Å². The van der Waals surface area contributed by atoms with Gasteiger partial charge in [0, 0.05) is 6.54 Å². The van der Waals surface area contributed by atoms with Crippen molar-refractivity contribution in [2.75, 3.05) is 13.2 Å². The molecule has 0 radical (unpaired) electrons. The zero-order valence-corrected chi connectivity index (χ0v) is 9.56. The summed E-state index contributed by atoms with van der Waals surface area (Å²) < 4.78 is 5.30. The maximum absolute atomic E-state index is 11.8. The number of ether oxygens (including phenoxy) is 1. The first-order valence-electron chi connectivity index (χ1n) is 5.53. The molecule has 4 nitrogen and oxygen atoms in total. The van der Waals surface area contributed by atoms with E-state index in [9.17, 15) is 9.90 Å². The van der Waals surface area contributed by atoms with Crippen LogP contribution in [0.1, 0.15) is 27.2 Å². The molecule has 1 saturated heterocycles. The summed E-state index contributed by atoms with van der Waals surface area (Å²) in [5, 5.41) is 9.23. The molecule has 86 valence electrons. The molecule has 4 heteroatoms. The summed E-state index contributed by atoms with van der Waals surface area (Å²) in [5.74, 6) is 1.12. The van der Waals surface area contributed by atoms with Crippen LogP contribution in [0.2, 0.25) is 0 Å². The van der Waals surface area contributed by atoms with Crippen LogP contribution in [0, 0.1) is 11.8 Å². The van der Waals surface area contributed by atoms with Crippen LogP contribution in [0.25, 0.3) is 0 Å². The molecule has 1 aliphatic heterocycles. The number of aliphatic hydroxyl groups excluding tert-OH is 1. The summed E-state index contributed by atoms with van der Waals surface area (Å²) in [6.45, 7) is 6.38. The van der Waals surface area contributed by atoms with Crippen molar-refractivity contribution in [2.45, 2.75) is 38.8 Å². The van der Waals surface area contributed by atoms with Gasteiger partial charge in [-0.05, 0) is 39.0 Å². The summed E-state index contributed by atoms with van der Waals surface area (Å²) in [6.07, 6.45) is 0.874. The first-order valence-corrected chi connectivity index (χ1v) is 5.53. The average Bonchev–Trinajstić information content (AvgIpc) is 2.75. The molecule has 3 atom stereocenters. The molecular weight excluding hydrogens is 194 g/mol. The number of carbonyl (C=O) groups is 1. The van der Waals surface area contributed by atoms with E-state index in [1.165, 1.54) is 0 Å². The highest BCUT2D eigenvalue weighted by atomic mass is 16.6. The van der Waals surface area contributed by atoms with Gasteiger partial charge in [-0.2, -0.15) is 0 Å². The predicted octanol–water partition coefficient (Wildman–Crippen LogP) is 1.23. The Balaban J connectivity index is 1.96. The van der Waals surface area contributed by atoms with Gasteiger partial charge < -0.3 is 14.7 Å². The number of nitrogens with zero attached hydrogens (tertiary/aromatic N) is 1. The molecule has 1 aliphatic carbocycles. The van der Waals surface area contributed by atoms with E-state index in [1.807, 2.05) is 20.8 Å². The van der Waals surface area contributed by atoms with Gasteiger partial charge in [-0.3, -0.25) is 0 Å². The highest BCUT2D eigenvalue weighted by molar-refractivity contribution is 5.69. The van der Waals surface area contributed by atoms with Gasteiger partial charge in [0.15, 0.2) is 0 Å². The third kappa shape index (κ3) is 2.09. The predicted molar refractivity (Wildman–Crippen MR) is 55.4 cm³/mol. The lowest BCUT2D eigenvalue weighted by Crippen LogP contribution is -2.43. The quantitative estimate of drug-likeness (QED) is 0.712. The van der Waals surface area contributed by atoms with E-state index < -0.39 is 5.60 Å². The largest absolute Gasteiger partial charge is 0.444 e. The molecule has 1 amide bonds. The van der Waals surface area contributed by atoms with Crippen LogP contribution in [0.4, 0.5) is 4.79 Å². The summed E-state index contributed by atoms with van der Waals surface area (Å²) >= 11 is 0. The molecule has 0 aromatic carbocycles. The van der Waals surface area contributed by atoms with Crippen molar-refractivity contribution in [1.82, 2.24) is 4.90 Å². The number of likely N-dealkylation sites (tertiary alicyclic amines) is 1. The van der Waals surface area contributed by atoms with E-state index in [4.69, 9.17) is 4.74 Å². The first kappa shape index (κ1) is 10.7. The maximum atomic E-state index is 11.8. The van der Waals surface area contributed by atoms with Crippen LogP contribution in [0.3, 0.4) is 0 Å². The molecule has 0 aromatic heterocycles. The molecular formula is C11H19NO3. The lowest BCUT2D eigenvalue weighted by molar-refractivity contribution is 0.0133. The molecule has 1 saturated carbocycles. The van der Waals surface area contributed by atoms with Crippen LogP contribution in [-0.4, -0.2) is 40.9 Å². The van der Waals surface area contributed by atoms with E-state index in [0.717, 1.165) is 13.0 Å². The lowest BCUT2D eigenvalue weighted by Gasteiger charge is -2.29. The Morgan fingerprint density at radius 1 is 1.53 bits per heavy atom. The number of rotatable bonds is 1. The minimum Gasteiger partial charge on any atom is -0.444 e. The molecule has 2 aliphatic rings. The third-order valence-corrected chi connectivity index (χ3v) is 3.12. The fourth-order valence-corrected chi connectivity index (χ4v) is 2.34. The Bertz CT molecular complexity index is 271. The summed E-state index contributed by atoms with van der Waals surface area (Å²) in [6, 6.07) is -0.00940. The van der Waals surface area contributed by atoms with Crippen molar-refractivity contribution in [2.24, 2.45) is 11.8 Å². The Morgan fingerprint density at radius 2 is 2.20 bits per heavy atom. The number of aliphatic hydroxyl groups is 1. The molecule has 0 bridgehead atoms. The topological polar surface area (TPSA) is 49.8 Å². The second-order valence-electron chi connectivity index (χ2n) is 5.54. The lowest BCUT2D eigenvalue weighted by atomic mass is 10.2. The smallest absolute Gasteiger partial charge is 0.410 e. The summed E-state index contributed by atoms with van der Waals surface area (Å²) in [4.78, 5) is 13.5. The molecule has 2 unspecified atom stereocenters. The van der Waals surface area contributed by atoms with Crippen LogP contribution in [0.5, 0.6) is 0 Å². The number of piperidine rings is 1. The van der Waals surface area contributed by atoms with Gasteiger partial charge >= 0.3 is 6.09 Å². The minimum atomic E-state index is -0.454. The van der Waals surface area contributed by atoms with Gasteiger partial charge in [0.05, 0.1) is 12.6 Å². The molecule has 1 heterocycles. The highest BCUT2D eigenvalue weighted by Gasteiger charge is 2.54. The Hall–Kier alpha value is -0.770. The van der Waals surface area contributed by atoms with Crippen LogP contribution < -0.4 is 0 Å². The third-order valence-electron chi connectivity index (χ3n) is 3.12. The van der Waals surface area contributed by atoms with Crippen LogP contribution >= 0.6 is 0 Å². The van der Waals surface area contributed by atoms with Gasteiger partial charge in [0.25, 0.3) is 0 Å². The fraction of sp³-hybridized carbons (Fsp3) is 0.909. The summed E-state index contributed by atoms with van der Waals surface area (Å²) in [7, 11) is 0. The van der Waals surface area contributed by atoms with Crippen LogP contribution in [0.15, 0.2) is 0 Å². The van der Waals surface area contributed by atoms with Crippen molar-refractivity contribution in [1.29, 1.82) is 0 Å². The summed E-state index contributed by atoms with van der Waals surface area (Å²) in [5.41, 5.74) is -0.454. The van der Waals surface area contributed by atoms with Crippen molar-refractivity contribution in [3.63, 3.8) is 0 Å². The van der Waals surface area contributed by atoms with Gasteiger partial charge in [-0.15, -0.1) is 0 Å². The second-order valence-corrected chi connectivity index (χ2v) is 5.54. The van der Waals surface area contributed by atoms with E-state index in [0.29, 0.717) is 11.8 Å². The maximum Gasteiger partial charge on any atom is 0.410 e.